The number of methoxy groups -OCH3 is 1. The van der Waals surface area contributed by atoms with Crippen molar-refractivity contribution in [1.82, 2.24) is 4.90 Å². The summed E-state index contributed by atoms with van der Waals surface area (Å²) < 4.78 is 5.23. The van der Waals surface area contributed by atoms with E-state index < -0.39 is 0 Å². The van der Waals surface area contributed by atoms with Crippen LogP contribution in [0.2, 0.25) is 0 Å². The fourth-order valence-corrected chi connectivity index (χ4v) is 2.96. The number of nitrogens with zero attached hydrogens (tertiary/aromatic N) is 1. The molecular formula is C16H25NO2. The standard InChI is InChI=1S/C16H25NO2/c1-17(12-16(18)14-7-3-4-8-14)11-13-6-5-9-15(10-13)19-2/h5-6,9-10,14,16,18H,3-4,7-8,11-12H2,1-2H3. The molecule has 1 atom stereocenters. The second kappa shape index (κ2) is 6.92. The molecule has 1 unspecified atom stereocenters. The maximum Gasteiger partial charge on any atom is 0.119 e. The van der Waals surface area contributed by atoms with Crippen molar-refractivity contribution in [3.8, 4) is 5.75 Å². The number of ether oxygens (including phenoxy) is 1. The molecule has 19 heavy (non-hydrogen) atoms. The van der Waals surface area contributed by atoms with E-state index in [-0.39, 0.29) is 6.10 Å². The Balaban J connectivity index is 1.84. The summed E-state index contributed by atoms with van der Waals surface area (Å²) in [6.07, 6.45) is 4.75. The van der Waals surface area contributed by atoms with Crippen molar-refractivity contribution in [1.29, 1.82) is 0 Å². The van der Waals surface area contributed by atoms with E-state index in [1.54, 1.807) is 7.11 Å². The van der Waals surface area contributed by atoms with Gasteiger partial charge in [0.05, 0.1) is 13.2 Å². The molecule has 0 heterocycles. The lowest BCUT2D eigenvalue weighted by Crippen LogP contribution is -2.33. The van der Waals surface area contributed by atoms with Crippen LogP contribution in [-0.4, -0.2) is 36.8 Å². The summed E-state index contributed by atoms with van der Waals surface area (Å²) >= 11 is 0. The molecule has 0 amide bonds. The van der Waals surface area contributed by atoms with E-state index in [1.165, 1.54) is 31.2 Å². The first-order valence-corrected chi connectivity index (χ1v) is 7.18. The number of hydrogen-bond acceptors (Lipinski definition) is 3. The Morgan fingerprint density at radius 3 is 2.79 bits per heavy atom. The van der Waals surface area contributed by atoms with Crippen LogP contribution < -0.4 is 4.74 Å². The molecule has 3 heteroatoms. The fraction of sp³-hybridized carbons (Fsp3) is 0.625. The predicted octanol–water partition coefficient (Wildman–Crippen LogP) is 2.68. The average molecular weight is 263 g/mol. The minimum Gasteiger partial charge on any atom is -0.497 e. The van der Waals surface area contributed by atoms with Gasteiger partial charge in [-0.25, -0.2) is 0 Å². The van der Waals surface area contributed by atoms with Crippen LogP contribution >= 0.6 is 0 Å². The van der Waals surface area contributed by atoms with Crippen molar-refractivity contribution < 1.29 is 9.84 Å². The lowest BCUT2D eigenvalue weighted by molar-refractivity contribution is 0.0724. The maximum absolute atomic E-state index is 10.2. The number of benzene rings is 1. The highest BCUT2D eigenvalue weighted by Crippen LogP contribution is 2.28. The van der Waals surface area contributed by atoms with Crippen LogP contribution in [0.1, 0.15) is 31.2 Å². The largest absolute Gasteiger partial charge is 0.497 e. The van der Waals surface area contributed by atoms with E-state index >= 15 is 0 Å². The molecular weight excluding hydrogens is 238 g/mol. The van der Waals surface area contributed by atoms with Gasteiger partial charge < -0.3 is 9.84 Å². The summed E-state index contributed by atoms with van der Waals surface area (Å²) in [5.41, 5.74) is 1.22. The molecule has 1 aliphatic rings. The van der Waals surface area contributed by atoms with Crippen LogP contribution in [0.25, 0.3) is 0 Å². The van der Waals surface area contributed by atoms with Crippen molar-refractivity contribution >= 4 is 0 Å². The molecule has 1 aromatic rings. The van der Waals surface area contributed by atoms with Crippen LogP contribution in [0.4, 0.5) is 0 Å². The molecule has 1 fully saturated rings. The maximum atomic E-state index is 10.2. The first kappa shape index (κ1) is 14.4. The minimum absolute atomic E-state index is 0.182. The van der Waals surface area contributed by atoms with E-state index in [4.69, 9.17) is 4.74 Å². The second-order valence-electron chi connectivity index (χ2n) is 5.66. The predicted molar refractivity (Wildman–Crippen MR) is 77.3 cm³/mol. The highest BCUT2D eigenvalue weighted by Gasteiger charge is 2.23. The van der Waals surface area contributed by atoms with Gasteiger partial charge in [-0.2, -0.15) is 0 Å². The molecule has 0 aromatic heterocycles. The van der Waals surface area contributed by atoms with Gasteiger partial charge in [0, 0.05) is 13.1 Å². The number of aliphatic hydroxyl groups is 1. The van der Waals surface area contributed by atoms with Crippen LogP contribution in [0.3, 0.4) is 0 Å². The molecule has 0 radical (unpaired) electrons. The average Bonchev–Trinajstić information content (AvgIpc) is 2.92. The molecule has 0 saturated heterocycles. The summed E-state index contributed by atoms with van der Waals surface area (Å²) in [6.45, 7) is 1.60. The van der Waals surface area contributed by atoms with Crippen molar-refractivity contribution in [2.75, 3.05) is 20.7 Å². The van der Waals surface area contributed by atoms with Crippen molar-refractivity contribution in [3.05, 3.63) is 29.8 Å². The molecule has 0 aliphatic heterocycles. The molecule has 0 bridgehead atoms. The zero-order valence-corrected chi connectivity index (χ0v) is 12.0. The van der Waals surface area contributed by atoms with Crippen LogP contribution in [0.15, 0.2) is 24.3 Å². The minimum atomic E-state index is -0.182. The van der Waals surface area contributed by atoms with Gasteiger partial charge in [-0.15, -0.1) is 0 Å². The van der Waals surface area contributed by atoms with E-state index in [2.05, 4.69) is 24.1 Å². The topological polar surface area (TPSA) is 32.7 Å². The zero-order chi connectivity index (χ0) is 13.7. The van der Waals surface area contributed by atoms with Gasteiger partial charge >= 0.3 is 0 Å². The van der Waals surface area contributed by atoms with Crippen LogP contribution in [0, 0.1) is 5.92 Å². The van der Waals surface area contributed by atoms with Crippen molar-refractivity contribution in [2.45, 2.75) is 38.3 Å². The third-order valence-corrected chi connectivity index (χ3v) is 4.03. The fourth-order valence-electron chi connectivity index (χ4n) is 2.96. The zero-order valence-electron chi connectivity index (χ0n) is 12.0. The van der Waals surface area contributed by atoms with Crippen molar-refractivity contribution in [2.24, 2.45) is 5.92 Å². The normalized spacial score (nSPS) is 17.9. The summed E-state index contributed by atoms with van der Waals surface area (Å²) in [5.74, 6) is 1.40. The van der Waals surface area contributed by atoms with Gasteiger partial charge in [0.2, 0.25) is 0 Å². The summed E-state index contributed by atoms with van der Waals surface area (Å²) in [5, 5.41) is 10.2. The van der Waals surface area contributed by atoms with Gasteiger partial charge in [-0.1, -0.05) is 25.0 Å². The van der Waals surface area contributed by atoms with Gasteiger partial charge in [0.15, 0.2) is 0 Å². The van der Waals surface area contributed by atoms with Gasteiger partial charge in [-0.3, -0.25) is 4.90 Å². The van der Waals surface area contributed by atoms with E-state index in [1.807, 2.05) is 12.1 Å². The molecule has 0 spiro atoms. The number of hydrogen-bond donors (Lipinski definition) is 1. The Morgan fingerprint density at radius 2 is 2.11 bits per heavy atom. The molecule has 3 nitrogen and oxygen atoms in total. The molecule has 2 rings (SSSR count). The first-order chi connectivity index (χ1) is 9.19. The van der Waals surface area contributed by atoms with E-state index in [0.29, 0.717) is 5.92 Å². The Hall–Kier alpha value is -1.06. The quantitative estimate of drug-likeness (QED) is 0.856. The number of aliphatic hydroxyl groups excluding tert-OH is 1. The Morgan fingerprint density at radius 1 is 1.37 bits per heavy atom. The van der Waals surface area contributed by atoms with Crippen LogP contribution in [-0.2, 0) is 6.54 Å². The van der Waals surface area contributed by atoms with Gasteiger partial charge in [0.25, 0.3) is 0 Å². The number of rotatable bonds is 6. The van der Waals surface area contributed by atoms with E-state index in [0.717, 1.165) is 18.8 Å². The highest BCUT2D eigenvalue weighted by molar-refractivity contribution is 5.28. The smallest absolute Gasteiger partial charge is 0.119 e. The lowest BCUT2D eigenvalue weighted by atomic mass is 10.0. The summed E-state index contributed by atoms with van der Waals surface area (Å²) in [4.78, 5) is 2.19. The van der Waals surface area contributed by atoms with E-state index in [9.17, 15) is 5.11 Å². The Labute approximate surface area is 116 Å². The molecule has 106 valence electrons. The lowest BCUT2D eigenvalue weighted by Gasteiger charge is -2.24. The summed E-state index contributed by atoms with van der Waals surface area (Å²) in [7, 11) is 3.75. The highest BCUT2D eigenvalue weighted by atomic mass is 16.5. The Kier molecular flexibility index (Phi) is 5.23. The molecule has 1 saturated carbocycles. The molecule has 1 N–H and O–H groups in total. The van der Waals surface area contributed by atoms with Crippen LogP contribution in [0.5, 0.6) is 5.75 Å². The van der Waals surface area contributed by atoms with Gasteiger partial charge in [0.1, 0.15) is 5.75 Å². The SMILES string of the molecule is COc1cccc(CN(C)CC(O)C2CCCC2)c1. The third-order valence-electron chi connectivity index (χ3n) is 4.03. The van der Waals surface area contributed by atoms with Gasteiger partial charge in [-0.05, 0) is 43.5 Å². The monoisotopic (exact) mass is 263 g/mol. The number of likely N-dealkylation sites (N-methyl/N-ethyl adjacent to an activating group) is 1. The van der Waals surface area contributed by atoms with Crippen molar-refractivity contribution in [3.63, 3.8) is 0 Å². The second-order valence-corrected chi connectivity index (χ2v) is 5.66. The molecule has 1 aromatic carbocycles. The Bertz CT molecular complexity index is 388. The summed E-state index contributed by atoms with van der Waals surface area (Å²) in [6, 6.07) is 8.12. The molecule has 1 aliphatic carbocycles. The third kappa shape index (κ3) is 4.22. The first-order valence-electron chi connectivity index (χ1n) is 7.18.